The van der Waals surface area contributed by atoms with Gasteiger partial charge in [0.1, 0.15) is 12.4 Å². The summed E-state index contributed by atoms with van der Waals surface area (Å²) in [5, 5.41) is 8.95. The molecule has 0 fully saturated rings. The third kappa shape index (κ3) is 3.55. The summed E-state index contributed by atoms with van der Waals surface area (Å²) in [4.78, 5) is 12.4. The highest BCUT2D eigenvalue weighted by Crippen LogP contribution is 2.20. The zero-order valence-corrected chi connectivity index (χ0v) is 10.3. The molecule has 0 aliphatic rings. The van der Waals surface area contributed by atoms with Crippen LogP contribution in [0.15, 0.2) is 54.6 Å². The maximum absolute atomic E-state index is 13.8. The minimum atomic E-state index is -0.987. The van der Waals surface area contributed by atoms with Gasteiger partial charge in [-0.05, 0) is 17.7 Å². The Labute approximate surface area is 110 Å². The predicted octanol–water partition coefficient (Wildman–Crippen LogP) is 2.92. The molecule has 0 aromatic heterocycles. The number of aliphatic carboxylic acids is 1. The Morgan fingerprint density at radius 1 is 1.05 bits per heavy atom. The van der Waals surface area contributed by atoms with Crippen molar-refractivity contribution in [2.75, 3.05) is 11.4 Å². The molecular weight excluding hydrogens is 245 g/mol. The number of hydrogen-bond donors (Lipinski definition) is 1. The van der Waals surface area contributed by atoms with E-state index < -0.39 is 11.8 Å². The molecule has 19 heavy (non-hydrogen) atoms. The van der Waals surface area contributed by atoms with Crippen LogP contribution in [0, 0.1) is 5.82 Å². The average Bonchev–Trinajstić information content (AvgIpc) is 2.39. The molecule has 0 atom stereocenters. The van der Waals surface area contributed by atoms with Gasteiger partial charge in [0.05, 0.1) is 5.69 Å². The molecule has 98 valence electrons. The lowest BCUT2D eigenvalue weighted by Crippen LogP contribution is -2.29. The first-order chi connectivity index (χ1) is 9.16. The van der Waals surface area contributed by atoms with Gasteiger partial charge in [0, 0.05) is 6.54 Å². The van der Waals surface area contributed by atoms with Crippen LogP contribution < -0.4 is 4.90 Å². The van der Waals surface area contributed by atoms with Crippen molar-refractivity contribution >= 4 is 11.7 Å². The first kappa shape index (κ1) is 13.1. The normalized spacial score (nSPS) is 10.2. The lowest BCUT2D eigenvalue weighted by molar-refractivity contribution is -0.135. The summed E-state index contributed by atoms with van der Waals surface area (Å²) in [7, 11) is 0. The minimum absolute atomic E-state index is 0.240. The maximum Gasteiger partial charge on any atom is 0.323 e. The Morgan fingerprint density at radius 2 is 1.68 bits per heavy atom. The number of hydrogen-bond acceptors (Lipinski definition) is 2. The Kier molecular flexibility index (Phi) is 4.13. The predicted molar refractivity (Wildman–Crippen MR) is 71.5 cm³/mol. The van der Waals surface area contributed by atoms with Crippen LogP contribution in [0.4, 0.5) is 10.1 Å². The van der Waals surface area contributed by atoms with Gasteiger partial charge < -0.3 is 10.0 Å². The summed E-state index contributed by atoms with van der Waals surface area (Å²) in [6.45, 7) is 0.115. The van der Waals surface area contributed by atoms with Crippen molar-refractivity contribution in [1.29, 1.82) is 0 Å². The highest BCUT2D eigenvalue weighted by Gasteiger charge is 2.14. The number of carboxylic acids is 1. The van der Waals surface area contributed by atoms with Gasteiger partial charge in [-0.2, -0.15) is 0 Å². The van der Waals surface area contributed by atoms with Gasteiger partial charge in [-0.3, -0.25) is 4.79 Å². The molecule has 0 unspecified atom stereocenters. The minimum Gasteiger partial charge on any atom is -0.480 e. The van der Waals surface area contributed by atoms with Crippen molar-refractivity contribution in [3.63, 3.8) is 0 Å². The van der Waals surface area contributed by atoms with Gasteiger partial charge in [-0.15, -0.1) is 0 Å². The Balaban J connectivity index is 2.26. The molecule has 1 N–H and O–H groups in total. The van der Waals surface area contributed by atoms with E-state index in [9.17, 15) is 9.18 Å². The fraction of sp³-hybridized carbons (Fsp3) is 0.133. The van der Waals surface area contributed by atoms with Crippen molar-refractivity contribution < 1.29 is 14.3 Å². The Morgan fingerprint density at radius 3 is 2.32 bits per heavy atom. The Bertz CT molecular complexity index is 557. The second-order valence-electron chi connectivity index (χ2n) is 4.19. The van der Waals surface area contributed by atoms with Crippen LogP contribution in [0.2, 0.25) is 0 Å². The van der Waals surface area contributed by atoms with Crippen LogP contribution in [-0.2, 0) is 11.3 Å². The van der Waals surface area contributed by atoms with E-state index in [4.69, 9.17) is 5.11 Å². The van der Waals surface area contributed by atoms with Crippen LogP contribution in [0.3, 0.4) is 0 Å². The number of benzene rings is 2. The smallest absolute Gasteiger partial charge is 0.323 e. The number of rotatable bonds is 5. The lowest BCUT2D eigenvalue weighted by Gasteiger charge is -2.23. The molecular formula is C15H14FNO2. The van der Waals surface area contributed by atoms with E-state index in [1.54, 1.807) is 18.2 Å². The molecule has 0 aliphatic heterocycles. The number of para-hydroxylation sites is 1. The first-order valence-electron chi connectivity index (χ1n) is 5.92. The zero-order valence-electron chi connectivity index (χ0n) is 10.3. The van der Waals surface area contributed by atoms with Crippen molar-refractivity contribution in [2.45, 2.75) is 6.54 Å². The summed E-state index contributed by atoms with van der Waals surface area (Å²) in [6, 6.07) is 15.6. The van der Waals surface area contributed by atoms with E-state index in [-0.39, 0.29) is 6.54 Å². The van der Waals surface area contributed by atoms with Crippen LogP contribution in [-0.4, -0.2) is 17.6 Å². The van der Waals surface area contributed by atoms with Gasteiger partial charge in [-0.1, -0.05) is 42.5 Å². The van der Waals surface area contributed by atoms with Gasteiger partial charge in [0.15, 0.2) is 0 Å². The van der Waals surface area contributed by atoms with E-state index >= 15 is 0 Å². The summed E-state index contributed by atoms with van der Waals surface area (Å²) in [5.74, 6) is -1.40. The fourth-order valence-electron chi connectivity index (χ4n) is 1.90. The summed E-state index contributed by atoms with van der Waals surface area (Å²) in [6.07, 6.45) is 0. The second-order valence-corrected chi connectivity index (χ2v) is 4.19. The van der Waals surface area contributed by atoms with Crippen LogP contribution in [0.1, 0.15) is 5.56 Å². The molecule has 0 radical (unpaired) electrons. The molecule has 2 aromatic rings. The molecule has 0 aliphatic carbocycles. The van der Waals surface area contributed by atoms with Gasteiger partial charge in [-0.25, -0.2) is 4.39 Å². The van der Waals surface area contributed by atoms with E-state index in [0.717, 1.165) is 5.56 Å². The van der Waals surface area contributed by atoms with Crippen molar-refractivity contribution in [1.82, 2.24) is 0 Å². The number of halogens is 1. The quantitative estimate of drug-likeness (QED) is 0.897. The summed E-state index contributed by atoms with van der Waals surface area (Å²) < 4.78 is 13.8. The molecule has 0 heterocycles. The molecule has 0 spiro atoms. The average molecular weight is 259 g/mol. The Hall–Kier alpha value is -2.36. The molecule has 0 amide bonds. The number of carboxylic acid groups (broad SMARTS) is 1. The number of carbonyl (C=O) groups is 1. The zero-order chi connectivity index (χ0) is 13.7. The topological polar surface area (TPSA) is 40.5 Å². The summed E-state index contributed by atoms with van der Waals surface area (Å²) in [5.41, 5.74) is 1.24. The fourth-order valence-corrected chi connectivity index (χ4v) is 1.90. The molecule has 2 rings (SSSR count). The van der Waals surface area contributed by atoms with E-state index in [1.165, 1.54) is 11.0 Å². The van der Waals surface area contributed by atoms with E-state index in [1.807, 2.05) is 30.3 Å². The molecule has 3 nitrogen and oxygen atoms in total. The largest absolute Gasteiger partial charge is 0.480 e. The molecule has 2 aromatic carbocycles. The third-order valence-corrected chi connectivity index (χ3v) is 2.74. The van der Waals surface area contributed by atoms with Gasteiger partial charge >= 0.3 is 5.97 Å². The standard InChI is InChI=1S/C15H14FNO2/c16-13-8-4-5-9-14(13)17(11-15(18)19)10-12-6-2-1-3-7-12/h1-9H,10-11H2,(H,18,19). The van der Waals surface area contributed by atoms with Crippen LogP contribution in [0.25, 0.3) is 0 Å². The van der Waals surface area contributed by atoms with E-state index in [0.29, 0.717) is 12.2 Å². The highest BCUT2D eigenvalue weighted by molar-refractivity contribution is 5.73. The van der Waals surface area contributed by atoms with Gasteiger partial charge in [0.2, 0.25) is 0 Å². The third-order valence-electron chi connectivity index (χ3n) is 2.74. The maximum atomic E-state index is 13.8. The first-order valence-corrected chi connectivity index (χ1v) is 5.92. The van der Waals surface area contributed by atoms with Crippen LogP contribution in [0.5, 0.6) is 0 Å². The van der Waals surface area contributed by atoms with Crippen molar-refractivity contribution in [3.05, 3.63) is 66.0 Å². The molecule has 0 saturated heterocycles. The lowest BCUT2D eigenvalue weighted by atomic mass is 10.2. The second kappa shape index (κ2) is 6.00. The molecule has 0 bridgehead atoms. The van der Waals surface area contributed by atoms with Crippen LogP contribution >= 0.6 is 0 Å². The number of anilines is 1. The van der Waals surface area contributed by atoms with E-state index in [2.05, 4.69) is 0 Å². The van der Waals surface area contributed by atoms with Crippen molar-refractivity contribution in [3.8, 4) is 0 Å². The highest BCUT2D eigenvalue weighted by atomic mass is 19.1. The monoisotopic (exact) mass is 259 g/mol. The molecule has 0 saturated carbocycles. The van der Waals surface area contributed by atoms with Crippen molar-refractivity contribution in [2.24, 2.45) is 0 Å². The number of nitrogens with zero attached hydrogens (tertiary/aromatic N) is 1. The van der Waals surface area contributed by atoms with Gasteiger partial charge in [0.25, 0.3) is 0 Å². The molecule has 4 heteroatoms. The summed E-state index contributed by atoms with van der Waals surface area (Å²) >= 11 is 0. The SMILES string of the molecule is O=C(O)CN(Cc1ccccc1)c1ccccc1F.